The highest BCUT2D eigenvalue weighted by Crippen LogP contribution is 2.45. The Hall–Kier alpha value is -6.38. The smallest absolute Gasteiger partial charge is 0.159 e. The van der Waals surface area contributed by atoms with Crippen LogP contribution in [0.25, 0.3) is 66.1 Å². The minimum absolute atomic E-state index is 0.521. The third-order valence-electron chi connectivity index (χ3n) is 8.49. The lowest BCUT2D eigenvalue weighted by molar-refractivity contribution is 0.389. The number of fused-ring (bicyclic) bond motifs is 4. The molecule has 1 heterocycles. The van der Waals surface area contributed by atoms with E-state index >= 15 is 0 Å². The number of benzene rings is 8. The molecule has 8 aromatic carbocycles. The zero-order valence-corrected chi connectivity index (χ0v) is 27.3. The molecule has 2 heteroatoms. The average molecular weight is 731 g/mol. The Morgan fingerprint density at radius 1 is 0.500 bits per heavy atom. The molecule has 1 fully saturated rings. The fourth-order valence-corrected chi connectivity index (χ4v) is 6.05. The number of nitrogens with zero attached hydrogens (tertiary/aromatic N) is 1. The first-order valence-corrected chi connectivity index (χ1v) is 16.2. The van der Waals surface area contributed by atoms with Crippen LogP contribution in [0.3, 0.4) is 0 Å². The first-order chi connectivity index (χ1) is 41.4. The number of anilines is 2. The second kappa shape index (κ2) is 13.9. The molecule has 1 aliphatic carbocycles. The normalized spacial score (nSPS) is 30.4. The quantitative estimate of drug-likeness (QED) is 0.162. The summed E-state index contributed by atoms with van der Waals surface area (Å²) in [7, 11) is 0. The van der Waals surface area contributed by atoms with Crippen molar-refractivity contribution < 1.29 is 52.4 Å². The first kappa shape index (κ1) is 12.3. The lowest BCUT2D eigenvalue weighted by Gasteiger charge is -2.39. The number of hydrogen-bond acceptors (Lipinski definition) is 2. The van der Waals surface area contributed by atoms with E-state index < -0.39 is 308 Å². The summed E-state index contributed by atoms with van der Waals surface area (Å²) in [6, 6.07) is -34.1. The molecule has 9 aromatic rings. The minimum Gasteiger partial charge on any atom is -0.453 e. The summed E-state index contributed by atoms with van der Waals surface area (Å²) in [6.45, 7) is 0. The Kier molecular flexibility index (Phi) is 3.17. The van der Waals surface area contributed by atoms with Gasteiger partial charge in [0.25, 0.3) is 0 Å². The van der Waals surface area contributed by atoms with Gasteiger partial charge in [0.2, 0.25) is 0 Å². The van der Waals surface area contributed by atoms with E-state index in [2.05, 4.69) is 0 Å². The minimum atomic E-state index is -2.36. The maximum atomic E-state index is 10.1. The summed E-state index contributed by atoms with van der Waals surface area (Å²) < 4.78 is 322. The molecule has 1 aromatic heterocycles. The monoisotopic (exact) mass is 731 g/mol. The molecule has 0 saturated heterocycles. The topological polar surface area (TPSA) is 16.4 Å². The number of hydrogen-bond donors (Lipinski definition) is 0. The van der Waals surface area contributed by atoms with E-state index in [1.54, 1.807) is 0 Å². The molecule has 2 nitrogen and oxygen atoms in total. The second-order valence-electron chi connectivity index (χ2n) is 11.7. The Morgan fingerprint density at radius 2 is 1.09 bits per heavy atom. The molecule has 54 heavy (non-hydrogen) atoms. The van der Waals surface area contributed by atoms with Crippen LogP contribution >= 0.6 is 0 Å². The van der Waals surface area contributed by atoms with Gasteiger partial charge in [-0.2, -0.15) is 0 Å². The number of furan rings is 1. The molecule has 6 unspecified atom stereocenters. The fourth-order valence-electron chi connectivity index (χ4n) is 6.05. The molecule has 0 radical (unpaired) electrons. The van der Waals surface area contributed by atoms with Crippen LogP contribution in [0, 0.1) is 0 Å². The Labute approximate surface area is 366 Å². The Bertz CT molecular complexity index is 4580. The standard InChI is InChI=1S/C52H41NO/c1-4-13-36(14-5-1)41-19-10-20-46(35-41)53(50-24-12-23-49-48-22-11-21-47(51(48)54-52(49)50)40-17-8-3-9-18-40)45-31-29-38(30-32-45)43-28-26-39-25-27-42(33-44(39)34-43)37-15-6-2-7-16-37/h1-9,11-18,21-34,41,46H,10,19-20,35H2/i1D,2D,3D,4D,5D,6D,7D,8D,9D,10D,11D,12D,13D,14D,15D,16D,17D,18D,19D,20D,21D,22D,23D,24D,25D,26D,27D,28D,29D,30D,31D,32D,33D,34D,35D. The van der Waals surface area contributed by atoms with E-state index in [1.165, 1.54) is 0 Å². The van der Waals surface area contributed by atoms with E-state index in [0.29, 0.717) is 4.90 Å². The molecule has 10 rings (SSSR count). The summed E-state index contributed by atoms with van der Waals surface area (Å²) in [5, 5.41) is -2.96. The molecule has 6 atom stereocenters. The van der Waals surface area contributed by atoms with Crippen molar-refractivity contribution in [3.05, 3.63) is 193 Å². The SMILES string of the molecule is [2H]c1c([2H])c([2H])c(-c2c([2H])c([2H])c3c([2H])c([2H])c(-c4c([2H])c([2H])c(N(c5c([2H])c([2H])c([2H])c6c5oc5c(-c7c([2H])c([2H])c([2H])c([2H])c7[2H])c([2H])c([2H])c([2H])c56)C5C([2H])C([2H])C([2H])C(c6c([2H])c([2H])c([2H])c([2H])c6[2H])C5[2H])c([2H])c4[2H])c([2H])c3c2[2H])c([2H])c1[2H]. The van der Waals surface area contributed by atoms with Crippen LogP contribution in [0.2, 0.25) is 0 Å². The van der Waals surface area contributed by atoms with Gasteiger partial charge in [0, 0.05) is 33.5 Å². The second-order valence-corrected chi connectivity index (χ2v) is 11.7. The van der Waals surface area contributed by atoms with E-state index in [-0.39, 0.29) is 0 Å². The largest absolute Gasteiger partial charge is 0.453 e. The summed E-state index contributed by atoms with van der Waals surface area (Å²) in [6.07, 6.45) is -8.78. The molecule has 1 saturated carbocycles. The predicted molar refractivity (Wildman–Crippen MR) is 228 cm³/mol. The molecule has 1 aliphatic rings. The lowest BCUT2D eigenvalue weighted by atomic mass is 9.80. The third-order valence-corrected chi connectivity index (χ3v) is 8.49. The van der Waals surface area contributed by atoms with E-state index in [4.69, 9.17) is 31.8 Å². The van der Waals surface area contributed by atoms with Crippen molar-refractivity contribution in [3.63, 3.8) is 0 Å². The van der Waals surface area contributed by atoms with Gasteiger partial charge in [-0.1, -0.05) is 163 Å². The Morgan fingerprint density at radius 3 is 1.80 bits per heavy atom. The predicted octanol–water partition coefficient (Wildman–Crippen LogP) is 14.6. The van der Waals surface area contributed by atoms with Crippen molar-refractivity contribution in [3.8, 4) is 33.4 Å². The van der Waals surface area contributed by atoms with E-state index in [9.17, 15) is 20.6 Å². The van der Waals surface area contributed by atoms with Gasteiger partial charge >= 0.3 is 0 Å². The van der Waals surface area contributed by atoms with Crippen LogP contribution in [0.1, 0.15) is 85.0 Å². The van der Waals surface area contributed by atoms with Gasteiger partial charge in [-0.3, -0.25) is 0 Å². The highest BCUT2D eigenvalue weighted by atomic mass is 16.3. The summed E-state index contributed by atoms with van der Waals surface area (Å²) in [4.78, 5) is 0.521. The van der Waals surface area contributed by atoms with Crippen LogP contribution < -0.4 is 4.90 Å². The maximum absolute atomic E-state index is 10.1. The van der Waals surface area contributed by atoms with Crippen molar-refractivity contribution in [2.24, 2.45) is 0 Å². The van der Waals surface area contributed by atoms with Crippen LogP contribution in [-0.4, -0.2) is 6.04 Å². The van der Waals surface area contributed by atoms with Crippen LogP contribution in [0.4, 0.5) is 11.4 Å². The van der Waals surface area contributed by atoms with Crippen molar-refractivity contribution in [1.29, 1.82) is 0 Å². The van der Waals surface area contributed by atoms with Gasteiger partial charge in [-0.25, -0.2) is 0 Å². The Balaban J connectivity index is 1.37. The van der Waals surface area contributed by atoms with Crippen LogP contribution in [0.15, 0.2) is 192 Å². The average Bonchev–Trinajstić information content (AvgIpc) is 1.56. The van der Waals surface area contributed by atoms with Crippen molar-refractivity contribution >= 4 is 44.1 Å². The molecule has 0 aliphatic heterocycles. The lowest BCUT2D eigenvalue weighted by Crippen LogP contribution is -2.35. The summed E-state index contributed by atoms with van der Waals surface area (Å²) in [5.74, 6) is -2.05. The van der Waals surface area contributed by atoms with Gasteiger partial charge in [0.05, 0.1) is 48.2 Å². The van der Waals surface area contributed by atoms with Gasteiger partial charge < -0.3 is 9.32 Å². The molecule has 0 spiro atoms. The highest BCUT2D eigenvalue weighted by Gasteiger charge is 2.31. The van der Waals surface area contributed by atoms with Crippen molar-refractivity contribution in [1.82, 2.24) is 0 Å². The highest BCUT2D eigenvalue weighted by molar-refractivity contribution is 6.13. The van der Waals surface area contributed by atoms with Crippen molar-refractivity contribution in [2.45, 2.75) is 37.5 Å². The van der Waals surface area contributed by atoms with Gasteiger partial charge in [0.1, 0.15) is 5.58 Å². The molecular formula is C52H41NO. The van der Waals surface area contributed by atoms with Crippen molar-refractivity contribution in [2.75, 3.05) is 4.90 Å². The zero-order chi connectivity index (χ0) is 66.3. The zero-order valence-electron chi connectivity index (χ0n) is 62.3. The molecule has 0 bridgehead atoms. The fraction of sp³-hybridized carbons (Fsp3) is 0.115. The molecular weight excluding hydrogens is 655 g/mol. The number of para-hydroxylation sites is 2. The number of rotatable bonds is 7. The van der Waals surface area contributed by atoms with Gasteiger partial charge in [-0.15, -0.1) is 0 Å². The maximum Gasteiger partial charge on any atom is 0.159 e. The van der Waals surface area contributed by atoms with Gasteiger partial charge in [0.15, 0.2) is 5.58 Å². The molecule has 0 N–H and O–H groups in total. The third kappa shape index (κ3) is 5.94. The molecule has 0 amide bonds. The van der Waals surface area contributed by atoms with Crippen LogP contribution in [0.5, 0.6) is 0 Å². The molecule has 260 valence electrons. The summed E-state index contributed by atoms with van der Waals surface area (Å²) >= 11 is 0. The first-order valence-electron chi connectivity index (χ1n) is 34.0. The van der Waals surface area contributed by atoms with Gasteiger partial charge in [-0.05, 0) is 99.5 Å². The summed E-state index contributed by atoms with van der Waals surface area (Å²) in [5.41, 5.74) is -9.77. The van der Waals surface area contributed by atoms with E-state index in [0.717, 1.165) is 0 Å². The van der Waals surface area contributed by atoms with E-state index in [1.807, 2.05) is 0 Å². The van der Waals surface area contributed by atoms with Crippen LogP contribution in [-0.2, 0) is 0 Å².